The Labute approximate surface area is 123 Å². The predicted molar refractivity (Wildman–Crippen MR) is 84.3 cm³/mol. The Hall–Kier alpha value is -1.65. The lowest BCUT2D eigenvalue weighted by Crippen LogP contribution is -2.01. The first kappa shape index (κ1) is 14.8. The summed E-state index contributed by atoms with van der Waals surface area (Å²) >= 11 is 1.56. The van der Waals surface area contributed by atoms with Gasteiger partial charge in [-0.2, -0.15) is 0 Å². The number of thioether (sulfide) groups is 1. The molecule has 106 valence electrons. The number of aryl methyl sites for hydroxylation is 1. The molecule has 20 heavy (non-hydrogen) atoms. The van der Waals surface area contributed by atoms with Crippen LogP contribution in [0.15, 0.2) is 47.4 Å². The number of anilines is 1. The molecule has 2 rings (SSSR count). The Balaban J connectivity index is 2.02. The van der Waals surface area contributed by atoms with Gasteiger partial charge < -0.3 is 15.6 Å². The van der Waals surface area contributed by atoms with E-state index < -0.39 is 6.10 Å². The van der Waals surface area contributed by atoms with Crippen molar-refractivity contribution in [2.24, 2.45) is 0 Å². The monoisotopic (exact) mass is 289 g/mol. The molecular weight excluding hydrogens is 270 g/mol. The molecule has 0 fully saturated rings. The van der Waals surface area contributed by atoms with Crippen LogP contribution in [0.4, 0.5) is 5.69 Å². The Kier molecular flexibility index (Phi) is 4.93. The van der Waals surface area contributed by atoms with Crippen LogP contribution in [-0.2, 0) is 0 Å². The maximum absolute atomic E-state index is 10.2. The molecular formula is C16H19NO2S. The summed E-state index contributed by atoms with van der Waals surface area (Å²) in [5, 5.41) is 10.2. The molecule has 0 saturated carbocycles. The van der Waals surface area contributed by atoms with Crippen molar-refractivity contribution >= 4 is 17.4 Å². The third kappa shape index (κ3) is 3.68. The molecule has 0 amide bonds. The third-order valence-corrected chi connectivity index (χ3v) is 4.21. The fourth-order valence-electron chi connectivity index (χ4n) is 1.91. The van der Waals surface area contributed by atoms with Crippen LogP contribution in [0.2, 0.25) is 0 Å². The van der Waals surface area contributed by atoms with Gasteiger partial charge >= 0.3 is 0 Å². The molecule has 0 heterocycles. The fourth-order valence-corrected chi connectivity index (χ4v) is 2.83. The molecule has 2 aromatic rings. The summed E-state index contributed by atoms with van der Waals surface area (Å²) < 4.78 is 5.16. The topological polar surface area (TPSA) is 55.5 Å². The summed E-state index contributed by atoms with van der Waals surface area (Å²) in [5.74, 6) is 1.31. The highest BCUT2D eigenvalue weighted by Gasteiger charge is 2.10. The Morgan fingerprint density at radius 3 is 2.75 bits per heavy atom. The molecule has 0 aliphatic rings. The van der Waals surface area contributed by atoms with E-state index in [0.717, 1.165) is 27.5 Å². The number of nitrogens with two attached hydrogens (primary N) is 1. The molecule has 0 radical (unpaired) electrons. The summed E-state index contributed by atoms with van der Waals surface area (Å²) in [6, 6.07) is 13.4. The second kappa shape index (κ2) is 6.68. The third-order valence-electron chi connectivity index (χ3n) is 3.04. The van der Waals surface area contributed by atoms with Crippen molar-refractivity contribution in [3.8, 4) is 5.75 Å². The number of ether oxygens (including phenoxy) is 1. The van der Waals surface area contributed by atoms with Gasteiger partial charge in [0, 0.05) is 16.3 Å². The van der Waals surface area contributed by atoms with E-state index in [1.54, 1.807) is 18.9 Å². The lowest BCUT2D eigenvalue weighted by molar-refractivity contribution is 0.203. The van der Waals surface area contributed by atoms with E-state index in [9.17, 15) is 5.11 Å². The van der Waals surface area contributed by atoms with E-state index in [-0.39, 0.29) is 0 Å². The standard InChI is InChI=1S/C16H19NO2S/c1-11-6-7-16(14(17)8-11)20-10-15(18)12-4-3-5-13(9-12)19-2/h3-9,15,18H,10,17H2,1-2H3. The second-order valence-corrected chi connectivity index (χ2v) is 5.71. The molecule has 0 spiro atoms. The molecule has 0 aliphatic heterocycles. The number of hydrogen-bond acceptors (Lipinski definition) is 4. The van der Waals surface area contributed by atoms with Gasteiger partial charge in [0.15, 0.2) is 0 Å². The predicted octanol–water partition coefficient (Wildman–Crippen LogP) is 3.41. The van der Waals surface area contributed by atoms with Crippen molar-refractivity contribution in [1.82, 2.24) is 0 Å². The van der Waals surface area contributed by atoms with Gasteiger partial charge in [-0.1, -0.05) is 18.2 Å². The number of nitrogen functional groups attached to an aromatic ring is 1. The molecule has 1 atom stereocenters. The molecule has 3 nitrogen and oxygen atoms in total. The summed E-state index contributed by atoms with van der Waals surface area (Å²) in [6.45, 7) is 2.01. The summed E-state index contributed by atoms with van der Waals surface area (Å²) in [4.78, 5) is 0.998. The normalized spacial score (nSPS) is 12.2. The first-order valence-electron chi connectivity index (χ1n) is 6.41. The SMILES string of the molecule is COc1cccc(C(O)CSc2ccc(C)cc2N)c1. The van der Waals surface area contributed by atoms with Crippen LogP contribution in [0, 0.1) is 6.92 Å². The summed E-state index contributed by atoms with van der Waals surface area (Å²) in [7, 11) is 1.62. The van der Waals surface area contributed by atoms with Crippen LogP contribution >= 0.6 is 11.8 Å². The van der Waals surface area contributed by atoms with Crippen LogP contribution in [0.1, 0.15) is 17.2 Å². The molecule has 2 aromatic carbocycles. The molecule has 0 aromatic heterocycles. The number of benzene rings is 2. The van der Waals surface area contributed by atoms with E-state index in [0.29, 0.717) is 5.75 Å². The van der Waals surface area contributed by atoms with Crippen molar-refractivity contribution in [3.05, 3.63) is 53.6 Å². The van der Waals surface area contributed by atoms with Crippen molar-refractivity contribution in [3.63, 3.8) is 0 Å². The minimum Gasteiger partial charge on any atom is -0.497 e. The average Bonchev–Trinajstić information content (AvgIpc) is 2.46. The molecule has 3 N–H and O–H groups in total. The van der Waals surface area contributed by atoms with Crippen LogP contribution in [0.3, 0.4) is 0 Å². The maximum atomic E-state index is 10.2. The van der Waals surface area contributed by atoms with Gasteiger partial charge in [0.1, 0.15) is 5.75 Å². The van der Waals surface area contributed by atoms with Gasteiger partial charge in [0.2, 0.25) is 0 Å². The van der Waals surface area contributed by atoms with Crippen LogP contribution in [0.5, 0.6) is 5.75 Å². The summed E-state index contributed by atoms with van der Waals surface area (Å²) in [6.07, 6.45) is -0.546. The number of aliphatic hydroxyl groups is 1. The zero-order valence-electron chi connectivity index (χ0n) is 11.7. The van der Waals surface area contributed by atoms with Crippen LogP contribution in [0.25, 0.3) is 0 Å². The Morgan fingerprint density at radius 2 is 2.05 bits per heavy atom. The minimum absolute atomic E-state index is 0.546. The molecule has 0 bridgehead atoms. The highest BCUT2D eigenvalue weighted by molar-refractivity contribution is 7.99. The number of methoxy groups -OCH3 is 1. The number of rotatable bonds is 5. The van der Waals surface area contributed by atoms with E-state index in [4.69, 9.17) is 10.5 Å². The van der Waals surface area contributed by atoms with E-state index in [1.165, 1.54) is 0 Å². The zero-order chi connectivity index (χ0) is 14.5. The van der Waals surface area contributed by atoms with Gasteiger partial charge in [0.25, 0.3) is 0 Å². The van der Waals surface area contributed by atoms with Gasteiger partial charge in [-0.25, -0.2) is 0 Å². The highest BCUT2D eigenvalue weighted by Crippen LogP contribution is 2.30. The quantitative estimate of drug-likeness (QED) is 0.654. The molecule has 0 saturated heterocycles. The van der Waals surface area contributed by atoms with Crippen molar-refractivity contribution in [1.29, 1.82) is 0 Å². The van der Waals surface area contributed by atoms with Crippen molar-refractivity contribution in [2.45, 2.75) is 17.9 Å². The molecule has 1 unspecified atom stereocenters. The summed E-state index contributed by atoms with van der Waals surface area (Å²) in [5.41, 5.74) is 8.72. The van der Waals surface area contributed by atoms with E-state index >= 15 is 0 Å². The Bertz CT molecular complexity index is 586. The fraction of sp³-hybridized carbons (Fsp3) is 0.250. The number of aliphatic hydroxyl groups excluding tert-OH is 1. The van der Waals surface area contributed by atoms with Crippen molar-refractivity contribution in [2.75, 3.05) is 18.6 Å². The van der Waals surface area contributed by atoms with E-state index in [2.05, 4.69) is 0 Å². The highest BCUT2D eigenvalue weighted by atomic mass is 32.2. The van der Waals surface area contributed by atoms with Crippen LogP contribution in [-0.4, -0.2) is 18.0 Å². The first-order valence-corrected chi connectivity index (χ1v) is 7.39. The smallest absolute Gasteiger partial charge is 0.119 e. The molecule has 0 aliphatic carbocycles. The van der Waals surface area contributed by atoms with Gasteiger partial charge in [-0.05, 0) is 42.3 Å². The zero-order valence-corrected chi connectivity index (χ0v) is 12.5. The molecule has 4 heteroatoms. The lowest BCUT2D eigenvalue weighted by atomic mass is 10.1. The minimum atomic E-state index is -0.546. The largest absolute Gasteiger partial charge is 0.497 e. The van der Waals surface area contributed by atoms with E-state index in [1.807, 2.05) is 49.4 Å². The van der Waals surface area contributed by atoms with Gasteiger partial charge in [-0.3, -0.25) is 0 Å². The number of hydrogen-bond donors (Lipinski definition) is 2. The van der Waals surface area contributed by atoms with Gasteiger partial charge in [0.05, 0.1) is 13.2 Å². The average molecular weight is 289 g/mol. The second-order valence-electron chi connectivity index (χ2n) is 4.64. The first-order chi connectivity index (χ1) is 9.60. The van der Waals surface area contributed by atoms with Gasteiger partial charge in [-0.15, -0.1) is 11.8 Å². The lowest BCUT2D eigenvalue weighted by Gasteiger charge is -2.13. The maximum Gasteiger partial charge on any atom is 0.119 e. The van der Waals surface area contributed by atoms with Crippen LogP contribution < -0.4 is 10.5 Å². The van der Waals surface area contributed by atoms with Crippen molar-refractivity contribution < 1.29 is 9.84 Å². The Morgan fingerprint density at radius 1 is 1.25 bits per heavy atom.